The van der Waals surface area contributed by atoms with Crippen molar-refractivity contribution >= 4 is 5.91 Å². The summed E-state index contributed by atoms with van der Waals surface area (Å²) in [7, 11) is 1.86. The molecule has 0 radical (unpaired) electrons. The van der Waals surface area contributed by atoms with Crippen LogP contribution in [0.4, 0.5) is 0 Å². The third-order valence-electron chi connectivity index (χ3n) is 4.44. The van der Waals surface area contributed by atoms with Crippen LogP contribution in [0, 0.1) is 12.8 Å². The summed E-state index contributed by atoms with van der Waals surface area (Å²) in [5, 5.41) is 0. The average Bonchev–Trinajstić information content (AvgIpc) is 3.12. The largest absolute Gasteiger partial charge is 0.456 e. The molecule has 0 spiro atoms. The Morgan fingerprint density at radius 2 is 2.36 bits per heavy atom. The fourth-order valence-corrected chi connectivity index (χ4v) is 3.15. The van der Waals surface area contributed by atoms with Gasteiger partial charge in [-0.2, -0.15) is 0 Å². The van der Waals surface area contributed by atoms with Crippen molar-refractivity contribution in [2.75, 3.05) is 13.6 Å². The van der Waals surface area contributed by atoms with Gasteiger partial charge in [0.1, 0.15) is 11.6 Å². The molecule has 0 N–H and O–H groups in total. The van der Waals surface area contributed by atoms with Gasteiger partial charge < -0.3 is 13.9 Å². The number of rotatable bonds is 4. The minimum atomic E-state index is -0.0221. The van der Waals surface area contributed by atoms with E-state index in [2.05, 4.69) is 9.55 Å². The summed E-state index contributed by atoms with van der Waals surface area (Å²) in [6, 6.07) is 1.96. The van der Waals surface area contributed by atoms with E-state index in [1.807, 2.05) is 39.4 Å². The molecule has 0 saturated heterocycles. The Labute approximate surface area is 130 Å². The summed E-state index contributed by atoms with van der Waals surface area (Å²) in [5.41, 5.74) is 0.924. The van der Waals surface area contributed by atoms with Gasteiger partial charge in [0.25, 0.3) is 5.91 Å². The van der Waals surface area contributed by atoms with E-state index in [1.165, 1.54) is 0 Å². The van der Waals surface area contributed by atoms with Gasteiger partial charge in [0.15, 0.2) is 5.76 Å². The summed E-state index contributed by atoms with van der Waals surface area (Å²) < 4.78 is 7.87. The van der Waals surface area contributed by atoms with E-state index in [1.54, 1.807) is 4.90 Å². The first-order valence-corrected chi connectivity index (χ1v) is 7.93. The first-order valence-electron chi connectivity index (χ1n) is 7.93. The highest BCUT2D eigenvalue weighted by Crippen LogP contribution is 2.22. The van der Waals surface area contributed by atoms with Gasteiger partial charge in [-0.05, 0) is 25.3 Å². The lowest BCUT2D eigenvalue weighted by molar-refractivity contribution is 0.0729. The molecule has 1 amide bonds. The van der Waals surface area contributed by atoms with Crippen LogP contribution in [0.1, 0.15) is 41.0 Å². The SMILES string of the molecule is CCc1cc(C)c(C(=O)N(C)C[C@@H]2CCn3ccnc3C2)o1. The molecule has 2 aromatic heterocycles. The van der Waals surface area contributed by atoms with E-state index in [-0.39, 0.29) is 5.91 Å². The van der Waals surface area contributed by atoms with E-state index >= 15 is 0 Å². The second-order valence-corrected chi connectivity index (χ2v) is 6.16. The molecule has 118 valence electrons. The van der Waals surface area contributed by atoms with Crippen molar-refractivity contribution in [3.8, 4) is 0 Å². The second kappa shape index (κ2) is 5.99. The molecule has 5 nitrogen and oxygen atoms in total. The summed E-state index contributed by atoms with van der Waals surface area (Å²) >= 11 is 0. The number of fused-ring (bicyclic) bond motifs is 1. The normalized spacial score (nSPS) is 17.3. The quantitative estimate of drug-likeness (QED) is 0.872. The highest BCUT2D eigenvalue weighted by molar-refractivity contribution is 5.92. The van der Waals surface area contributed by atoms with Crippen LogP contribution in [0.2, 0.25) is 0 Å². The zero-order chi connectivity index (χ0) is 15.7. The average molecular weight is 301 g/mol. The third-order valence-corrected chi connectivity index (χ3v) is 4.44. The minimum absolute atomic E-state index is 0.0221. The molecule has 5 heteroatoms. The zero-order valence-electron chi connectivity index (χ0n) is 13.5. The Bertz CT molecular complexity index is 671. The number of imidazole rings is 1. The lowest BCUT2D eigenvalue weighted by Gasteiger charge is -2.27. The minimum Gasteiger partial charge on any atom is -0.456 e. The fourth-order valence-electron chi connectivity index (χ4n) is 3.15. The lowest BCUT2D eigenvalue weighted by atomic mass is 9.97. The van der Waals surface area contributed by atoms with Crippen LogP contribution in [0.25, 0.3) is 0 Å². The van der Waals surface area contributed by atoms with Gasteiger partial charge in [0.05, 0.1) is 0 Å². The molecule has 0 unspecified atom stereocenters. The second-order valence-electron chi connectivity index (χ2n) is 6.16. The first-order chi connectivity index (χ1) is 10.6. The standard InChI is InChI=1S/C17H23N3O2/c1-4-14-9-12(2)16(22-14)17(21)19(3)11-13-5-7-20-8-6-18-15(20)10-13/h6,8-9,13H,4-5,7,10-11H2,1-3H3/t13-/m1/s1. The predicted octanol–water partition coefficient (Wildman–Crippen LogP) is 2.68. The maximum Gasteiger partial charge on any atom is 0.289 e. The van der Waals surface area contributed by atoms with Gasteiger partial charge >= 0.3 is 0 Å². The predicted molar refractivity (Wildman–Crippen MR) is 83.8 cm³/mol. The van der Waals surface area contributed by atoms with Crippen molar-refractivity contribution in [2.24, 2.45) is 5.92 Å². The Hall–Kier alpha value is -2.04. The van der Waals surface area contributed by atoms with Crippen molar-refractivity contribution < 1.29 is 9.21 Å². The Morgan fingerprint density at radius 1 is 1.55 bits per heavy atom. The number of furan rings is 1. The van der Waals surface area contributed by atoms with Crippen molar-refractivity contribution in [3.05, 3.63) is 41.4 Å². The number of nitrogens with zero attached hydrogens (tertiary/aromatic N) is 3. The van der Waals surface area contributed by atoms with E-state index in [4.69, 9.17) is 4.42 Å². The molecule has 22 heavy (non-hydrogen) atoms. The van der Waals surface area contributed by atoms with Gasteiger partial charge in [-0.3, -0.25) is 4.79 Å². The van der Waals surface area contributed by atoms with Crippen molar-refractivity contribution in [1.29, 1.82) is 0 Å². The van der Waals surface area contributed by atoms with E-state index < -0.39 is 0 Å². The highest BCUT2D eigenvalue weighted by Gasteiger charge is 2.25. The molecule has 1 atom stereocenters. The van der Waals surface area contributed by atoms with Crippen LogP contribution >= 0.6 is 0 Å². The molecule has 0 saturated carbocycles. The zero-order valence-corrected chi connectivity index (χ0v) is 13.5. The number of carbonyl (C=O) groups is 1. The lowest BCUT2D eigenvalue weighted by Crippen LogP contribution is -2.35. The molecule has 2 aromatic rings. The van der Waals surface area contributed by atoms with E-state index in [9.17, 15) is 4.79 Å². The van der Waals surface area contributed by atoms with Gasteiger partial charge in [-0.15, -0.1) is 0 Å². The van der Waals surface area contributed by atoms with Gasteiger partial charge in [-0.25, -0.2) is 4.98 Å². The van der Waals surface area contributed by atoms with Crippen LogP contribution in [0.15, 0.2) is 22.9 Å². The number of aryl methyl sites for hydroxylation is 3. The number of amides is 1. The van der Waals surface area contributed by atoms with Crippen LogP contribution in [-0.2, 0) is 19.4 Å². The summed E-state index contributed by atoms with van der Waals surface area (Å²) in [4.78, 5) is 18.7. The Morgan fingerprint density at radius 3 is 3.09 bits per heavy atom. The third kappa shape index (κ3) is 2.80. The molecule has 0 fully saturated rings. The molecular formula is C17H23N3O2. The Kier molecular flexibility index (Phi) is 4.05. The number of carbonyl (C=O) groups excluding carboxylic acids is 1. The van der Waals surface area contributed by atoms with Crippen LogP contribution < -0.4 is 0 Å². The molecular weight excluding hydrogens is 278 g/mol. The fraction of sp³-hybridized carbons (Fsp3) is 0.529. The van der Waals surface area contributed by atoms with Crippen LogP contribution in [0.5, 0.6) is 0 Å². The maximum atomic E-state index is 12.6. The smallest absolute Gasteiger partial charge is 0.289 e. The molecule has 0 bridgehead atoms. The van der Waals surface area contributed by atoms with Crippen molar-refractivity contribution in [2.45, 2.75) is 39.7 Å². The first kappa shape index (κ1) is 14.9. The molecule has 3 rings (SSSR count). The molecule has 0 aromatic carbocycles. The highest BCUT2D eigenvalue weighted by atomic mass is 16.4. The summed E-state index contributed by atoms with van der Waals surface area (Å²) in [6.45, 7) is 5.69. The molecule has 0 aliphatic carbocycles. The van der Waals surface area contributed by atoms with Crippen LogP contribution in [0.3, 0.4) is 0 Å². The number of aromatic nitrogens is 2. The topological polar surface area (TPSA) is 51.3 Å². The van der Waals surface area contributed by atoms with Gasteiger partial charge in [0, 0.05) is 50.9 Å². The summed E-state index contributed by atoms with van der Waals surface area (Å²) in [6.07, 6.45) is 6.70. The Balaban J connectivity index is 1.65. The van der Waals surface area contributed by atoms with Gasteiger partial charge in [0.2, 0.25) is 0 Å². The monoisotopic (exact) mass is 301 g/mol. The molecule has 1 aliphatic heterocycles. The number of hydrogen-bond donors (Lipinski definition) is 0. The van der Waals surface area contributed by atoms with E-state index in [0.29, 0.717) is 11.7 Å². The molecule has 1 aliphatic rings. The van der Waals surface area contributed by atoms with Crippen molar-refractivity contribution in [3.63, 3.8) is 0 Å². The maximum absolute atomic E-state index is 12.6. The van der Waals surface area contributed by atoms with E-state index in [0.717, 1.165) is 49.5 Å². The van der Waals surface area contributed by atoms with Gasteiger partial charge in [-0.1, -0.05) is 6.92 Å². The van der Waals surface area contributed by atoms with Crippen LogP contribution in [-0.4, -0.2) is 34.0 Å². The molecule has 3 heterocycles. The number of hydrogen-bond acceptors (Lipinski definition) is 3. The summed E-state index contributed by atoms with van der Waals surface area (Å²) in [5.74, 6) is 2.92. The van der Waals surface area contributed by atoms with Crippen molar-refractivity contribution in [1.82, 2.24) is 14.5 Å².